The number of halogens is 1. The Morgan fingerprint density at radius 1 is 0.609 bits per heavy atom. The summed E-state index contributed by atoms with van der Waals surface area (Å²) in [7, 11) is 0. The van der Waals surface area contributed by atoms with Crippen molar-refractivity contribution in [3.63, 3.8) is 0 Å². The number of ether oxygens (including phenoxy) is 3. The zero-order valence-corrected chi connectivity index (χ0v) is 35.1. The maximum Gasteiger partial charge on any atom is 0.233 e. The number of nitrogens with one attached hydrogen (secondary N) is 2. The van der Waals surface area contributed by atoms with Gasteiger partial charge in [0.2, 0.25) is 17.8 Å². The number of carbonyl (C=O) groups is 2. The molecule has 1 fully saturated rings. The topological polar surface area (TPSA) is 129 Å². The van der Waals surface area contributed by atoms with Crippen molar-refractivity contribution in [2.75, 3.05) is 17.2 Å². The van der Waals surface area contributed by atoms with Gasteiger partial charge in [-0.15, -0.1) is 0 Å². The van der Waals surface area contributed by atoms with Crippen molar-refractivity contribution in [1.82, 2.24) is 19.5 Å². The van der Waals surface area contributed by atoms with E-state index in [1.54, 1.807) is 0 Å². The highest BCUT2D eigenvalue weighted by Crippen LogP contribution is 2.48. The van der Waals surface area contributed by atoms with E-state index in [1.165, 1.54) is 24.7 Å². The lowest BCUT2D eigenvalue weighted by molar-refractivity contribution is -0.128. The molecule has 1 aliphatic heterocycles. The molecule has 8 aromatic rings. The second kappa shape index (κ2) is 18.1. The van der Waals surface area contributed by atoms with E-state index in [2.05, 4.69) is 25.6 Å². The monoisotopic (exact) mass is 852 g/mol. The molecule has 2 aromatic heterocycles. The molecule has 3 heterocycles. The van der Waals surface area contributed by atoms with Crippen LogP contribution in [0, 0.1) is 0 Å². The first kappa shape index (κ1) is 41.9. The van der Waals surface area contributed by atoms with Crippen LogP contribution in [-0.2, 0) is 35.0 Å². The molecule has 0 radical (unpaired) electrons. The van der Waals surface area contributed by atoms with Crippen molar-refractivity contribution < 1.29 is 28.2 Å². The summed E-state index contributed by atoms with van der Waals surface area (Å²) >= 11 is 0. The molecule has 6 aromatic carbocycles. The number of rotatable bonds is 14. The summed E-state index contributed by atoms with van der Waals surface area (Å²) < 4.78 is 41.5. The Hall–Kier alpha value is -7.38. The molecular weight excluding hydrogens is 808 g/mol. The molecule has 2 N–H and O–H groups in total. The molecule has 9 rings (SSSR count). The maximum absolute atomic E-state index is 18.3. The van der Waals surface area contributed by atoms with Gasteiger partial charge in [0.05, 0.1) is 12.9 Å². The largest absolute Gasteiger partial charge is 0.358 e. The summed E-state index contributed by atoms with van der Waals surface area (Å²) in [5.41, 5.74) is 2.66. The van der Waals surface area contributed by atoms with Crippen molar-refractivity contribution >= 4 is 34.7 Å². The summed E-state index contributed by atoms with van der Waals surface area (Å²) in [5.74, 6) is -0.938. The van der Waals surface area contributed by atoms with E-state index in [-0.39, 0.29) is 29.5 Å². The first-order valence-electron chi connectivity index (χ1n) is 21.0. The van der Waals surface area contributed by atoms with Gasteiger partial charge in [-0.25, -0.2) is 9.37 Å². The number of carbonyl (C=O) groups excluding carboxylic acids is 2. The molecule has 2 amide bonds. The van der Waals surface area contributed by atoms with Gasteiger partial charge >= 0.3 is 0 Å². The van der Waals surface area contributed by atoms with Gasteiger partial charge < -0.3 is 19.5 Å². The molecule has 64 heavy (non-hydrogen) atoms. The van der Waals surface area contributed by atoms with E-state index >= 15 is 4.39 Å². The van der Waals surface area contributed by atoms with E-state index in [4.69, 9.17) is 14.2 Å². The fraction of sp³-hybridized carbons (Fsp3) is 0.173. The number of amides is 2. The minimum atomic E-state index is -1.87. The third-order valence-electron chi connectivity index (χ3n) is 11.4. The van der Waals surface area contributed by atoms with E-state index in [0.29, 0.717) is 0 Å². The molecule has 1 saturated heterocycles. The van der Waals surface area contributed by atoms with Gasteiger partial charge in [-0.3, -0.25) is 19.5 Å². The predicted molar refractivity (Wildman–Crippen MR) is 242 cm³/mol. The first-order chi connectivity index (χ1) is 31.3. The molecule has 0 unspecified atom stereocenters. The van der Waals surface area contributed by atoms with Gasteiger partial charge in [0.1, 0.15) is 23.4 Å². The van der Waals surface area contributed by atoms with Crippen LogP contribution in [0.15, 0.2) is 188 Å². The lowest BCUT2D eigenvalue weighted by atomic mass is 9.79. The summed E-state index contributed by atoms with van der Waals surface area (Å²) in [5, 5.41) is 5.25. The van der Waals surface area contributed by atoms with Gasteiger partial charge in [0, 0.05) is 13.8 Å². The Morgan fingerprint density at radius 3 is 1.42 bits per heavy atom. The van der Waals surface area contributed by atoms with E-state index in [1.807, 2.05) is 182 Å². The Morgan fingerprint density at radius 2 is 1.02 bits per heavy atom. The van der Waals surface area contributed by atoms with Crippen molar-refractivity contribution in [2.24, 2.45) is 0 Å². The average molecular weight is 853 g/mol. The highest BCUT2D eigenvalue weighted by atomic mass is 19.1. The molecule has 1 aliphatic rings. The van der Waals surface area contributed by atoms with Crippen molar-refractivity contribution in [3.05, 3.63) is 222 Å². The number of benzene rings is 6. The number of imidazole rings is 1. The van der Waals surface area contributed by atoms with Crippen LogP contribution in [0.4, 0.5) is 16.2 Å². The molecule has 4 atom stereocenters. The number of aromatic nitrogens is 4. The van der Waals surface area contributed by atoms with Gasteiger partial charge in [0.15, 0.2) is 29.4 Å². The van der Waals surface area contributed by atoms with Gasteiger partial charge in [-0.05, 0) is 33.4 Å². The van der Waals surface area contributed by atoms with Gasteiger partial charge in [-0.1, -0.05) is 182 Å². The molecule has 0 spiro atoms. The molecule has 320 valence electrons. The Kier molecular flexibility index (Phi) is 11.9. The maximum atomic E-state index is 18.3. The van der Waals surface area contributed by atoms with E-state index < -0.39 is 47.6 Å². The number of fused-ring (bicyclic) bond motifs is 1. The fourth-order valence-electron chi connectivity index (χ4n) is 8.67. The van der Waals surface area contributed by atoms with Crippen LogP contribution in [0.5, 0.6) is 0 Å². The zero-order chi connectivity index (χ0) is 44.1. The highest BCUT2D eigenvalue weighted by molar-refractivity contribution is 5.97. The second-order valence-corrected chi connectivity index (χ2v) is 15.5. The third kappa shape index (κ3) is 7.94. The molecule has 0 bridgehead atoms. The predicted octanol–water partition coefficient (Wildman–Crippen LogP) is 9.36. The van der Waals surface area contributed by atoms with Crippen LogP contribution in [0.1, 0.15) is 53.5 Å². The number of hydrogen-bond donors (Lipinski definition) is 2. The smallest absolute Gasteiger partial charge is 0.233 e. The first-order valence-corrected chi connectivity index (χ1v) is 21.0. The lowest BCUT2D eigenvalue weighted by Gasteiger charge is -2.40. The Labute approximate surface area is 369 Å². The minimum Gasteiger partial charge on any atom is -0.358 e. The molecule has 11 nitrogen and oxygen atoms in total. The van der Waals surface area contributed by atoms with Crippen LogP contribution in [0.25, 0.3) is 11.2 Å². The summed E-state index contributed by atoms with van der Waals surface area (Å²) in [6.45, 7) is 2.49. The third-order valence-corrected chi connectivity index (χ3v) is 11.4. The molecule has 12 heteroatoms. The zero-order valence-electron chi connectivity index (χ0n) is 35.1. The SMILES string of the molecule is CC(=O)Nc1nc(NC(C)=O)c2ncn([C@@H]3O[C@H](COC(c4ccccc4)(c4ccccc4)c4ccccc4)[C@@H](OC(c4ccccc4)(c4ccccc4)c4ccccc4)[C@@H]3F)c2n1. The van der Waals surface area contributed by atoms with Crippen LogP contribution in [0.3, 0.4) is 0 Å². The average Bonchev–Trinajstić information content (AvgIpc) is 3.89. The second-order valence-electron chi connectivity index (χ2n) is 15.5. The van der Waals surface area contributed by atoms with Crippen LogP contribution in [-0.4, -0.2) is 56.3 Å². The van der Waals surface area contributed by atoms with Crippen LogP contribution < -0.4 is 10.6 Å². The standard InChI is InChI=1S/C52H45FN6O5/c1-35(60)55-47-45-48(58-50(57-47)56-36(2)61)59(34-54-45)49-44(53)46(64-52(40-27-15-6-16-28-40,41-29-17-7-18-30-41)42-31-19-8-20-32-42)43(63-49)33-62-51(37-21-9-3-10-22-37,38-23-11-4-12-24-38)39-25-13-5-14-26-39/h3-32,34,43-44,46,49H,33H2,1-2H3,(H2,55,56,57,58,60,61)/t43-,44+,46-,49-/m1/s1. The lowest BCUT2D eigenvalue weighted by Crippen LogP contribution is -2.45. The summed E-state index contributed by atoms with van der Waals surface area (Å²) in [4.78, 5) is 38.0. The fourth-order valence-corrected chi connectivity index (χ4v) is 8.67. The van der Waals surface area contributed by atoms with Crippen LogP contribution in [0.2, 0.25) is 0 Å². The molecular formula is C52H45FN6O5. The van der Waals surface area contributed by atoms with Gasteiger partial charge in [0.25, 0.3) is 0 Å². The van der Waals surface area contributed by atoms with Crippen LogP contribution >= 0.6 is 0 Å². The normalized spacial score (nSPS) is 17.5. The number of nitrogens with zero attached hydrogens (tertiary/aromatic N) is 4. The van der Waals surface area contributed by atoms with Crippen molar-refractivity contribution in [2.45, 2.75) is 49.7 Å². The Balaban J connectivity index is 1.23. The molecule has 0 saturated carbocycles. The molecule has 0 aliphatic carbocycles. The number of alkyl halides is 1. The van der Waals surface area contributed by atoms with Crippen molar-refractivity contribution in [1.29, 1.82) is 0 Å². The number of hydrogen-bond acceptors (Lipinski definition) is 8. The quantitative estimate of drug-likeness (QED) is 0.104. The minimum absolute atomic E-state index is 0.0377. The number of anilines is 2. The highest BCUT2D eigenvalue weighted by Gasteiger charge is 2.53. The summed E-state index contributed by atoms with van der Waals surface area (Å²) in [6.07, 6.45) is -4.22. The Bertz CT molecular complexity index is 2640. The van der Waals surface area contributed by atoms with Gasteiger partial charge in [-0.2, -0.15) is 9.97 Å². The van der Waals surface area contributed by atoms with Crippen molar-refractivity contribution in [3.8, 4) is 0 Å². The van der Waals surface area contributed by atoms with E-state index in [9.17, 15) is 9.59 Å². The summed E-state index contributed by atoms with van der Waals surface area (Å²) in [6, 6.07) is 59.1. The van der Waals surface area contributed by atoms with E-state index in [0.717, 1.165) is 33.4 Å².